The second-order valence-electron chi connectivity index (χ2n) is 3.59. The molecule has 0 heteroatoms. The van der Waals surface area contributed by atoms with Crippen molar-refractivity contribution < 1.29 is 0 Å². The Kier molecular flexibility index (Phi) is 4.33. The number of allylic oxidation sites excluding steroid dienone is 2. The van der Waals surface area contributed by atoms with Crippen LogP contribution in [0.25, 0.3) is 0 Å². The summed E-state index contributed by atoms with van der Waals surface area (Å²) < 4.78 is 0. The van der Waals surface area contributed by atoms with Gasteiger partial charge in [0, 0.05) is 0 Å². The van der Waals surface area contributed by atoms with Gasteiger partial charge < -0.3 is 0 Å². The monoisotopic (exact) mass is 152 g/mol. The number of hydrogen-bond acceptors (Lipinski definition) is 0. The Bertz CT molecular complexity index is 113. The quantitative estimate of drug-likeness (QED) is 0.499. The van der Waals surface area contributed by atoms with Crippen molar-refractivity contribution in [3.8, 4) is 0 Å². The van der Waals surface area contributed by atoms with E-state index < -0.39 is 0 Å². The Labute approximate surface area is 70.7 Å². The maximum atomic E-state index is 2.44. The van der Waals surface area contributed by atoms with Gasteiger partial charge in [-0.2, -0.15) is 0 Å². The Balaban J connectivity index is 2.32. The van der Waals surface area contributed by atoms with E-state index >= 15 is 0 Å². The fourth-order valence-electron chi connectivity index (χ4n) is 1.75. The molecule has 0 aliphatic heterocycles. The predicted octanol–water partition coefficient (Wildman–Crippen LogP) is 3.92. The molecule has 1 rings (SSSR count). The summed E-state index contributed by atoms with van der Waals surface area (Å²) in [5, 5.41) is 0. The van der Waals surface area contributed by atoms with Crippen molar-refractivity contribution in [2.24, 2.45) is 5.92 Å². The van der Waals surface area contributed by atoms with E-state index in [1.165, 1.54) is 44.9 Å². The third-order valence-corrected chi connectivity index (χ3v) is 2.63. The first-order valence-electron chi connectivity index (χ1n) is 5.10. The Morgan fingerprint density at radius 1 is 1.18 bits per heavy atom. The van der Waals surface area contributed by atoms with Crippen molar-refractivity contribution in [3.63, 3.8) is 0 Å². The first kappa shape index (κ1) is 8.83. The van der Waals surface area contributed by atoms with Gasteiger partial charge in [-0.3, -0.25) is 0 Å². The van der Waals surface area contributed by atoms with E-state index in [-0.39, 0.29) is 0 Å². The van der Waals surface area contributed by atoms with Gasteiger partial charge in [0.2, 0.25) is 0 Å². The summed E-state index contributed by atoms with van der Waals surface area (Å²) in [5.74, 6) is 0.882. The van der Waals surface area contributed by atoms with E-state index in [0.29, 0.717) is 0 Å². The predicted molar refractivity (Wildman–Crippen MR) is 50.6 cm³/mol. The van der Waals surface area contributed by atoms with E-state index in [2.05, 4.69) is 19.1 Å². The van der Waals surface area contributed by atoms with Crippen molar-refractivity contribution in [3.05, 3.63) is 12.2 Å². The first-order valence-corrected chi connectivity index (χ1v) is 5.10. The molecule has 0 saturated heterocycles. The third kappa shape index (κ3) is 3.60. The van der Waals surface area contributed by atoms with Crippen LogP contribution in [0.15, 0.2) is 12.2 Å². The summed E-state index contributed by atoms with van der Waals surface area (Å²) in [6.07, 6.45) is 14.7. The molecule has 64 valence electrons. The van der Waals surface area contributed by atoms with Crippen LogP contribution in [0, 0.1) is 5.92 Å². The summed E-state index contributed by atoms with van der Waals surface area (Å²) in [4.78, 5) is 0. The standard InChI is InChI=1S/C11H20/c1-2-11-9-7-5-3-4-6-8-10-11/h7,9,11H,2-6,8,10H2,1H3/b9-7+. The molecule has 0 saturated carbocycles. The lowest BCUT2D eigenvalue weighted by molar-refractivity contribution is 0.523. The van der Waals surface area contributed by atoms with Crippen LogP contribution in [0.5, 0.6) is 0 Å². The van der Waals surface area contributed by atoms with Crippen LogP contribution in [-0.4, -0.2) is 0 Å². The van der Waals surface area contributed by atoms with Crippen LogP contribution in [0.1, 0.15) is 51.9 Å². The molecule has 0 radical (unpaired) electrons. The zero-order valence-electron chi connectivity index (χ0n) is 7.68. The minimum Gasteiger partial charge on any atom is -0.0883 e. The van der Waals surface area contributed by atoms with Gasteiger partial charge in [0.25, 0.3) is 0 Å². The minimum atomic E-state index is 0.882. The van der Waals surface area contributed by atoms with Gasteiger partial charge in [0.05, 0.1) is 0 Å². The lowest BCUT2D eigenvalue weighted by Gasteiger charge is -2.07. The van der Waals surface area contributed by atoms with Gasteiger partial charge >= 0.3 is 0 Å². The average Bonchev–Trinajstić information content (AvgIpc) is 2.16. The summed E-state index contributed by atoms with van der Waals surface area (Å²) >= 11 is 0. The Morgan fingerprint density at radius 3 is 2.82 bits per heavy atom. The van der Waals surface area contributed by atoms with Gasteiger partial charge in [-0.05, 0) is 31.6 Å². The van der Waals surface area contributed by atoms with Crippen molar-refractivity contribution in [1.29, 1.82) is 0 Å². The van der Waals surface area contributed by atoms with Crippen molar-refractivity contribution in [2.75, 3.05) is 0 Å². The van der Waals surface area contributed by atoms with Crippen molar-refractivity contribution in [2.45, 2.75) is 51.9 Å². The molecule has 0 amide bonds. The maximum Gasteiger partial charge on any atom is -0.0236 e. The first-order chi connectivity index (χ1) is 5.43. The molecular formula is C11H20. The Morgan fingerprint density at radius 2 is 2.00 bits per heavy atom. The highest BCUT2D eigenvalue weighted by Gasteiger charge is 2.02. The highest BCUT2D eigenvalue weighted by molar-refractivity contribution is 4.88. The van der Waals surface area contributed by atoms with Crippen LogP contribution < -0.4 is 0 Å². The zero-order valence-corrected chi connectivity index (χ0v) is 7.68. The van der Waals surface area contributed by atoms with Gasteiger partial charge in [-0.25, -0.2) is 0 Å². The molecule has 0 aromatic heterocycles. The molecule has 0 aromatic rings. The van der Waals surface area contributed by atoms with Crippen molar-refractivity contribution in [1.82, 2.24) is 0 Å². The second kappa shape index (κ2) is 5.40. The van der Waals surface area contributed by atoms with E-state index in [1.54, 1.807) is 0 Å². The summed E-state index contributed by atoms with van der Waals surface area (Å²) in [6.45, 7) is 2.30. The van der Waals surface area contributed by atoms with Crippen LogP contribution in [-0.2, 0) is 0 Å². The molecule has 0 heterocycles. The van der Waals surface area contributed by atoms with E-state index in [9.17, 15) is 0 Å². The van der Waals surface area contributed by atoms with E-state index in [1.807, 2.05) is 0 Å². The molecule has 0 spiro atoms. The number of hydrogen-bond donors (Lipinski definition) is 0. The van der Waals surface area contributed by atoms with Gasteiger partial charge in [0.15, 0.2) is 0 Å². The summed E-state index contributed by atoms with van der Waals surface area (Å²) in [6, 6.07) is 0. The van der Waals surface area contributed by atoms with Crippen molar-refractivity contribution >= 4 is 0 Å². The molecule has 1 unspecified atom stereocenters. The SMILES string of the molecule is CCC1/C=C/CCCCCC1. The molecular weight excluding hydrogens is 132 g/mol. The topological polar surface area (TPSA) is 0 Å². The van der Waals surface area contributed by atoms with Gasteiger partial charge in [0.1, 0.15) is 0 Å². The molecule has 1 aliphatic rings. The molecule has 1 aliphatic carbocycles. The lowest BCUT2D eigenvalue weighted by Crippen LogP contribution is -1.92. The molecule has 0 aromatic carbocycles. The van der Waals surface area contributed by atoms with E-state index in [0.717, 1.165) is 5.92 Å². The van der Waals surface area contributed by atoms with E-state index in [4.69, 9.17) is 0 Å². The van der Waals surface area contributed by atoms with Crippen LogP contribution in [0.3, 0.4) is 0 Å². The van der Waals surface area contributed by atoms with Gasteiger partial charge in [-0.1, -0.05) is 38.3 Å². The Hall–Kier alpha value is -0.260. The highest BCUT2D eigenvalue weighted by atomic mass is 14.1. The third-order valence-electron chi connectivity index (χ3n) is 2.63. The zero-order chi connectivity index (χ0) is 7.94. The lowest BCUT2D eigenvalue weighted by atomic mass is 9.99. The normalized spacial score (nSPS) is 30.1. The summed E-state index contributed by atoms with van der Waals surface area (Å²) in [5.41, 5.74) is 0. The van der Waals surface area contributed by atoms with Crippen LogP contribution >= 0.6 is 0 Å². The molecule has 0 bridgehead atoms. The number of rotatable bonds is 1. The molecule has 0 N–H and O–H groups in total. The second-order valence-corrected chi connectivity index (χ2v) is 3.59. The average molecular weight is 152 g/mol. The largest absolute Gasteiger partial charge is 0.0883 e. The molecule has 0 fully saturated rings. The minimum absolute atomic E-state index is 0.882. The molecule has 1 atom stereocenters. The summed E-state index contributed by atoms with van der Waals surface area (Å²) in [7, 11) is 0. The fourth-order valence-corrected chi connectivity index (χ4v) is 1.75. The van der Waals surface area contributed by atoms with Crippen LogP contribution in [0.2, 0.25) is 0 Å². The van der Waals surface area contributed by atoms with Gasteiger partial charge in [-0.15, -0.1) is 0 Å². The highest BCUT2D eigenvalue weighted by Crippen LogP contribution is 2.18. The smallest absolute Gasteiger partial charge is 0.0236 e. The fraction of sp³-hybridized carbons (Fsp3) is 0.818. The molecule has 0 nitrogen and oxygen atoms in total. The maximum absolute atomic E-state index is 2.44. The molecule has 11 heavy (non-hydrogen) atoms. The van der Waals surface area contributed by atoms with Crippen LogP contribution in [0.4, 0.5) is 0 Å².